The van der Waals surface area contributed by atoms with Gasteiger partial charge in [-0.2, -0.15) is 0 Å². The summed E-state index contributed by atoms with van der Waals surface area (Å²) in [6.45, 7) is 0.850. The summed E-state index contributed by atoms with van der Waals surface area (Å²) in [7, 11) is 3.06. The number of nitrogens with one attached hydrogen (secondary N) is 2. The smallest absolute Gasteiger partial charge is 0.249 e. The average molecular weight is 460 g/mol. The fourth-order valence-electron chi connectivity index (χ4n) is 3.56. The van der Waals surface area contributed by atoms with Crippen LogP contribution in [0.2, 0.25) is 0 Å². The SMILES string of the molecule is COc1ccc(N(C)C(=O)[C@H](Cc2cc(F)cc(F)c2)NC(=O)CN2CCNCC2=O)cc1. The molecule has 1 heterocycles. The third kappa shape index (κ3) is 6.48. The van der Waals surface area contributed by atoms with Crippen LogP contribution >= 0.6 is 0 Å². The van der Waals surface area contributed by atoms with E-state index in [2.05, 4.69) is 10.6 Å². The van der Waals surface area contributed by atoms with Crippen molar-refractivity contribution >= 4 is 23.4 Å². The summed E-state index contributed by atoms with van der Waals surface area (Å²) in [5, 5.41) is 5.55. The zero-order chi connectivity index (χ0) is 24.0. The van der Waals surface area contributed by atoms with Crippen molar-refractivity contribution in [3.05, 3.63) is 59.7 Å². The van der Waals surface area contributed by atoms with Crippen LogP contribution in [0.25, 0.3) is 0 Å². The lowest BCUT2D eigenvalue weighted by Crippen LogP contribution is -2.54. The molecule has 176 valence electrons. The Morgan fingerprint density at radius 3 is 2.45 bits per heavy atom. The number of hydrogen-bond acceptors (Lipinski definition) is 5. The van der Waals surface area contributed by atoms with Crippen molar-refractivity contribution in [1.29, 1.82) is 0 Å². The summed E-state index contributed by atoms with van der Waals surface area (Å²) >= 11 is 0. The van der Waals surface area contributed by atoms with E-state index in [0.717, 1.165) is 18.2 Å². The van der Waals surface area contributed by atoms with Gasteiger partial charge in [0.15, 0.2) is 0 Å². The number of anilines is 1. The molecule has 1 aliphatic heterocycles. The molecule has 1 aliphatic rings. The summed E-state index contributed by atoms with van der Waals surface area (Å²) in [6, 6.07) is 8.58. The maximum atomic E-state index is 13.7. The van der Waals surface area contributed by atoms with E-state index in [9.17, 15) is 23.2 Å². The average Bonchev–Trinajstić information content (AvgIpc) is 2.78. The van der Waals surface area contributed by atoms with Crippen molar-refractivity contribution in [1.82, 2.24) is 15.5 Å². The van der Waals surface area contributed by atoms with Gasteiger partial charge in [-0.3, -0.25) is 14.4 Å². The van der Waals surface area contributed by atoms with Gasteiger partial charge in [0.2, 0.25) is 17.7 Å². The normalized spacial score (nSPS) is 14.5. The van der Waals surface area contributed by atoms with Crippen molar-refractivity contribution in [3.63, 3.8) is 0 Å². The van der Waals surface area contributed by atoms with Gasteiger partial charge in [-0.05, 0) is 42.0 Å². The van der Waals surface area contributed by atoms with Gasteiger partial charge in [-0.1, -0.05) is 0 Å². The van der Waals surface area contributed by atoms with E-state index in [0.29, 0.717) is 24.5 Å². The van der Waals surface area contributed by atoms with Crippen LogP contribution in [0.15, 0.2) is 42.5 Å². The predicted molar refractivity (Wildman–Crippen MR) is 118 cm³/mol. The standard InChI is InChI=1S/C23H26F2N4O4/c1-28(18-3-5-19(33-2)6-4-18)23(32)20(11-15-9-16(24)12-17(25)10-15)27-21(30)14-29-8-7-26-13-22(29)31/h3-6,9-10,12,20,26H,7-8,11,13-14H2,1-2H3,(H,27,30)/t20-/m0/s1. The Labute approximate surface area is 190 Å². The molecule has 0 spiro atoms. The largest absolute Gasteiger partial charge is 0.497 e. The lowest BCUT2D eigenvalue weighted by Gasteiger charge is -2.29. The quantitative estimate of drug-likeness (QED) is 0.616. The van der Waals surface area contributed by atoms with Gasteiger partial charge < -0.3 is 25.2 Å². The van der Waals surface area contributed by atoms with Crippen LogP contribution in [0.5, 0.6) is 5.75 Å². The number of carbonyl (C=O) groups is 3. The highest BCUT2D eigenvalue weighted by atomic mass is 19.1. The highest BCUT2D eigenvalue weighted by Gasteiger charge is 2.28. The molecule has 10 heteroatoms. The van der Waals surface area contributed by atoms with Crippen molar-refractivity contribution in [2.75, 3.05) is 45.2 Å². The zero-order valence-corrected chi connectivity index (χ0v) is 18.4. The lowest BCUT2D eigenvalue weighted by atomic mass is 10.0. The van der Waals surface area contributed by atoms with Crippen molar-refractivity contribution in [3.8, 4) is 5.75 Å². The molecule has 0 unspecified atom stereocenters. The third-order valence-corrected chi connectivity index (χ3v) is 5.31. The summed E-state index contributed by atoms with van der Waals surface area (Å²) < 4.78 is 32.5. The first kappa shape index (κ1) is 24.1. The molecule has 2 aromatic carbocycles. The number of halogens is 2. The number of amides is 3. The molecule has 0 bridgehead atoms. The molecule has 0 aromatic heterocycles. The van der Waals surface area contributed by atoms with E-state index in [-0.39, 0.29) is 31.0 Å². The molecule has 1 atom stereocenters. The number of likely N-dealkylation sites (N-methyl/N-ethyl adjacent to an activating group) is 1. The maximum absolute atomic E-state index is 13.7. The summed E-state index contributed by atoms with van der Waals surface area (Å²) in [6.07, 6.45) is -0.130. The molecule has 2 N–H and O–H groups in total. The highest BCUT2D eigenvalue weighted by Crippen LogP contribution is 2.20. The number of hydrogen-bond donors (Lipinski definition) is 2. The van der Waals surface area contributed by atoms with Crippen LogP contribution in [-0.4, -0.2) is 69.0 Å². The van der Waals surface area contributed by atoms with Gasteiger partial charge in [-0.15, -0.1) is 0 Å². The predicted octanol–water partition coefficient (Wildman–Crippen LogP) is 1.10. The molecule has 0 saturated carbocycles. The first-order valence-electron chi connectivity index (χ1n) is 10.4. The molecule has 1 fully saturated rings. The molecule has 2 aromatic rings. The Hall–Kier alpha value is -3.53. The van der Waals surface area contributed by atoms with Gasteiger partial charge in [0.25, 0.3) is 0 Å². The molecule has 3 amide bonds. The van der Waals surface area contributed by atoms with E-state index in [4.69, 9.17) is 4.74 Å². The number of nitrogens with zero attached hydrogens (tertiary/aromatic N) is 2. The molecule has 0 radical (unpaired) electrons. The fourth-order valence-corrected chi connectivity index (χ4v) is 3.56. The Bertz CT molecular complexity index is 996. The number of rotatable bonds is 8. The Balaban J connectivity index is 1.79. The molecular weight excluding hydrogens is 434 g/mol. The molecule has 3 rings (SSSR count). The van der Waals surface area contributed by atoms with Crippen LogP contribution in [0, 0.1) is 11.6 Å². The maximum Gasteiger partial charge on any atom is 0.249 e. The monoisotopic (exact) mass is 460 g/mol. The number of benzene rings is 2. The summed E-state index contributed by atoms with van der Waals surface area (Å²) in [4.78, 5) is 40.7. The van der Waals surface area contributed by atoms with Crippen molar-refractivity contribution < 1.29 is 27.9 Å². The number of ether oxygens (including phenoxy) is 1. The molecule has 0 aliphatic carbocycles. The van der Waals surface area contributed by atoms with Crippen LogP contribution in [0.3, 0.4) is 0 Å². The van der Waals surface area contributed by atoms with E-state index in [1.807, 2.05) is 0 Å². The number of piperazine rings is 1. The van der Waals surface area contributed by atoms with E-state index >= 15 is 0 Å². The first-order valence-corrected chi connectivity index (χ1v) is 10.4. The second-order valence-electron chi connectivity index (χ2n) is 7.69. The van der Waals surface area contributed by atoms with E-state index in [1.54, 1.807) is 24.3 Å². The molecule has 1 saturated heterocycles. The second-order valence-corrected chi connectivity index (χ2v) is 7.69. The number of methoxy groups -OCH3 is 1. The number of carbonyl (C=O) groups excluding carboxylic acids is 3. The summed E-state index contributed by atoms with van der Waals surface area (Å²) in [5.41, 5.74) is 0.760. The topological polar surface area (TPSA) is 91.0 Å². The van der Waals surface area contributed by atoms with Crippen LogP contribution in [-0.2, 0) is 20.8 Å². The van der Waals surface area contributed by atoms with Crippen LogP contribution in [0.4, 0.5) is 14.5 Å². The minimum absolute atomic E-state index is 0.130. The van der Waals surface area contributed by atoms with Crippen LogP contribution < -0.4 is 20.3 Å². The van der Waals surface area contributed by atoms with E-state index < -0.39 is 29.5 Å². The summed E-state index contributed by atoms with van der Waals surface area (Å²) in [5.74, 6) is -2.19. The van der Waals surface area contributed by atoms with Crippen molar-refractivity contribution in [2.24, 2.45) is 0 Å². The lowest BCUT2D eigenvalue weighted by molar-refractivity contribution is -0.137. The Kier molecular flexibility index (Phi) is 7.94. The van der Waals surface area contributed by atoms with Gasteiger partial charge in [0, 0.05) is 38.3 Å². The zero-order valence-electron chi connectivity index (χ0n) is 18.4. The second kappa shape index (κ2) is 10.9. The Morgan fingerprint density at radius 2 is 1.85 bits per heavy atom. The fraction of sp³-hybridized carbons (Fsp3) is 0.348. The van der Waals surface area contributed by atoms with Gasteiger partial charge in [0.1, 0.15) is 23.4 Å². The highest BCUT2D eigenvalue weighted by molar-refractivity contribution is 5.99. The molecular formula is C23H26F2N4O4. The van der Waals surface area contributed by atoms with E-state index in [1.165, 1.54) is 24.0 Å². The van der Waals surface area contributed by atoms with Gasteiger partial charge in [-0.25, -0.2) is 8.78 Å². The minimum atomic E-state index is -1.11. The first-order chi connectivity index (χ1) is 15.8. The Morgan fingerprint density at radius 1 is 1.18 bits per heavy atom. The van der Waals surface area contributed by atoms with Gasteiger partial charge >= 0.3 is 0 Å². The minimum Gasteiger partial charge on any atom is -0.497 e. The van der Waals surface area contributed by atoms with Crippen molar-refractivity contribution in [2.45, 2.75) is 12.5 Å². The van der Waals surface area contributed by atoms with Gasteiger partial charge in [0.05, 0.1) is 20.2 Å². The molecule has 33 heavy (non-hydrogen) atoms. The third-order valence-electron chi connectivity index (χ3n) is 5.31. The molecule has 8 nitrogen and oxygen atoms in total. The van der Waals surface area contributed by atoms with Crippen LogP contribution in [0.1, 0.15) is 5.56 Å².